The second-order valence-electron chi connectivity index (χ2n) is 9.20. The summed E-state index contributed by atoms with van der Waals surface area (Å²) in [5.41, 5.74) is 3.96. The first-order chi connectivity index (χ1) is 15.2. The first-order valence-electron chi connectivity index (χ1n) is 10.9. The molecule has 7 nitrogen and oxygen atoms in total. The van der Waals surface area contributed by atoms with E-state index in [-0.39, 0.29) is 12.5 Å². The van der Waals surface area contributed by atoms with E-state index in [1.54, 1.807) is 6.92 Å². The Labute approximate surface area is 187 Å². The van der Waals surface area contributed by atoms with Crippen molar-refractivity contribution in [1.82, 2.24) is 10.2 Å². The van der Waals surface area contributed by atoms with Crippen molar-refractivity contribution < 1.29 is 24.2 Å². The zero-order valence-electron chi connectivity index (χ0n) is 18.5. The third kappa shape index (κ3) is 3.83. The number of alkyl carbamates (subject to hydrolysis) is 1. The van der Waals surface area contributed by atoms with Crippen LogP contribution in [-0.2, 0) is 14.3 Å². The lowest BCUT2D eigenvalue weighted by atomic mass is 9.85. The molecule has 1 heterocycles. The predicted octanol–water partition coefficient (Wildman–Crippen LogP) is 3.63. The molecule has 1 aliphatic heterocycles. The van der Waals surface area contributed by atoms with E-state index in [1.807, 2.05) is 50.2 Å². The van der Waals surface area contributed by atoms with Crippen LogP contribution in [0.25, 0.3) is 11.1 Å². The number of aliphatic carboxylic acids is 1. The molecule has 1 aliphatic carbocycles. The van der Waals surface area contributed by atoms with Crippen LogP contribution in [-0.4, -0.2) is 53.2 Å². The largest absolute Gasteiger partial charge is 0.480 e. The number of carboxylic acids is 1. The number of rotatable bonds is 5. The van der Waals surface area contributed by atoms with E-state index in [0.29, 0.717) is 13.0 Å². The van der Waals surface area contributed by atoms with Gasteiger partial charge in [0.1, 0.15) is 18.7 Å². The zero-order valence-corrected chi connectivity index (χ0v) is 18.5. The normalized spacial score (nSPS) is 19.7. The molecule has 4 rings (SSSR count). The molecule has 0 aromatic heterocycles. The molecular formula is C25H28N2O5. The number of ether oxygens (including phenoxy) is 1. The second-order valence-corrected chi connectivity index (χ2v) is 9.20. The topological polar surface area (TPSA) is 95.9 Å². The third-order valence-electron chi connectivity index (χ3n) is 6.61. The average molecular weight is 437 g/mol. The van der Waals surface area contributed by atoms with Crippen LogP contribution < -0.4 is 5.32 Å². The second kappa shape index (κ2) is 8.30. The van der Waals surface area contributed by atoms with Gasteiger partial charge in [-0.2, -0.15) is 0 Å². The molecule has 2 N–H and O–H groups in total. The number of hydrogen-bond acceptors (Lipinski definition) is 4. The van der Waals surface area contributed by atoms with Crippen LogP contribution in [0.5, 0.6) is 0 Å². The lowest BCUT2D eigenvalue weighted by Crippen LogP contribution is -2.53. The van der Waals surface area contributed by atoms with Crippen LogP contribution in [0.4, 0.5) is 4.79 Å². The SMILES string of the molecule is C[C@@H](NC(=O)OCC1c2ccccc2-c2ccccc21)C(=O)N1CCC(C)(C)C1C(=O)O. The fraction of sp³-hybridized carbons (Fsp3) is 0.400. The number of nitrogens with one attached hydrogen (secondary N) is 1. The van der Waals surface area contributed by atoms with Crippen LogP contribution >= 0.6 is 0 Å². The van der Waals surface area contributed by atoms with Gasteiger partial charge in [0.25, 0.3) is 0 Å². The van der Waals surface area contributed by atoms with E-state index in [2.05, 4.69) is 17.4 Å². The maximum atomic E-state index is 12.9. The van der Waals surface area contributed by atoms with Crippen molar-refractivity contribution in [3.8, 4) is 11.1 Å². The van der Waals surface area contributed by atoms with Gasteiger partial charge < -0.3 is 20.1 Å². The first-order valence-corrected chi connectivity index (χ1v) is 10.9. The average Bonchev–Trinajstić information content (AvgIpc) is 3.25. The molecule has 2 aliphatic rings. The van der Waals surface area contributed by atoms with Gasteiger partial charge in [-0.05, 0) is 41.0 Å². The third-order valence-corrected chi connectivity index (χ3v) is 6.61. The molecule has 2 aromatic rings. The van der Waals surface area contributed by atoms with Crippen LogP contribution in [0.15, 0.2) is 48.5 Å². The van der Waals surface area contributed by atoms with E-state index >= 15 is 0 Å². The maximum Gasteiger partial charge on any atom is 0.407 e. The standard InChI is InChI=1S/C25H28N2O5/c1-15(22(28)27-13-12-25(2,3)21(27)23(29)30)26-24(31)32-14-20-18-10-6-4-8-16(18)17-9-5-7-11-19(17)20/h4-11,15,20-21H,12-14H2,1-3H3,(H,26,31)(H,29,30)/t15-,21?/m1/s1. The lowest BCUT2D eigenvalue weighted by Gasteiger charge is -2.30. The fourth-order valence-corrected chi connectivity index (χ4v) is 4.93. The summed E-state index contributed by atoms with van der Waals surface area (Å²) in [4.78, 5) is 38.4. The fourth-order valence-electron chi connectivity index (χ4n) is 4.93. The first kappa shape index (κ1) is 21.9. The number of hydrogen-bond donors (Lipinski definition) is 2. The van der Waals surface area contributed by atoms with Crippen molar-refractivity contribution in [2.75, 3.05) is 13.2 Å². The quantitative estimate of drug-likeness (QED) is 0.746. The predicted molar refractivity (Wildman–Crippen MR) is 119 cm³/mol. The minimum absolute atomic E-state index is 0.0741. The Morgan fingerprint density at radius 3 is 2.22 bits per heavy atom. The van der Waals surface area contributed by atoms with Gasteiger partial charge in [0.05, 0.1) is 0 Å². The number of amides is 2. The number of carbonyl (C=O) groups excluding carboxylic acids is 2. The van der Waals surface area contributed by atoms with Gasteiger partial charge in [-0.3, -0.25) is 4.79 Å². The summed E-state index contributed by atoms with van der Waals surface area (Å²) in [7, 11) is 0. The molecule has 7 heteroatoms. The number of carboxylic acid groups (broad SMARTS) is 1. The Balaban J connectivity index is 1.39. The summed E-state index contributed by atoms with van der Waals surface area (Å²) in [5.74, 6) is -1.53. The molecule has 0 bridgehead atoms. The van der Waals surface area contributed by atoms with Crippen LogP contribution in [0, 0.1) is 5.41 Å². The minimum atomic E-state index is -1.03. The molecule has 1 saturated heterocycles. The van der Waals surface area contributed by atoms with E-state index < -0.39 is 35.5 Å². The van der Waals surface area contributed by atoms with E-state index in [4.69, 9.17) is 4.74 Å². The Bertz CT molecular complexity index is 1020. The van der Waals surface area contributed by atoms with Crippen molar-refractivity contribution in [2.24, 2.45) is 5.41 Å². The Morgan fingerprint density at radius 1 is 1.09 bits per heavy atom. The zero-order chi connectivity index (χ0) is 23.0. The molecule has 1 fully saturated rings. The molecule has 168 valence electrons. The molecule has 0 spiro atoms. The molecule has 0 radical (unpaired) electrons. The van der Waals surface area contributed by atoms with Gasteiger partial charge in [0.2, 0.25) is 5.91 Å². The van der Waals surface area contributed by atoms with Crippen LogP contribution in [0.2, 0.25) is 0 Å². The summed E-state index contributed by atoms with van der Waals surface area (Å²) in [5, 5.41) is 12.2. The summed E-state index contributed by atoms with van der Waals surface area (Å²) in [6.07, 6.45) is -0.106. The van der Waals surface area contributed by atoms with Gasteiger partial charge in [-0.1, -0.05) is 62.4 Å². The molecule has 0 saturated carbocycles. The highest BCUT2D eigenvalue weighted by Crippen LogP contribution is 2.44. The minimum Gasteiger partial charge on any atom is -0.480 e. The summed E-state index contributed by atoms with van der Waals surface area (Å²) in [6.45, 7) is 5.72. The van der Waals surface area contributed by atoms with Crippen molar-refractivity contribution in [3.05, 3.63) is 59.7 Å². The highest BCUT2D eigenvalue weighted by atomic mass is 16.5. The number of nitrogens with zero attached hydrogens (tertiary/aromatic N) is 1. The van der Waals surface area contributed by atoms with Crippen LogP contribution in [0.1, 0.15) is 44.2 Å². The van der Waals surface area contributed by atoms with Crippen molar-refractivity contribution in [1.29, 1.82) is 0 Å². The molecule has 2 aromatic carbocycles. The van der Waals surface area contributed by atoms with Crippen molar-refractivity contribution in [2.45, 2.75) is 45.2 Å². The summed E-state index contributed by atoms with van der Waals surface area (Å²) >= 11 is 0. The molecule has 2 atom stereocenters. The Kier molecular flexibility index (Phi) is 5.67. The number of carbonyl (C=O) groups is 3. The number of likely N-dealkylation sites (tertiary alicyclic amines) is 1. The van der Waals surface area contributed by atoms with Gasteiger partial charge in [0, 0.05) is 12.5 Å². The summed E-state index contributed by atoms with van der Waals surface area (Å²) in [6, 6.07) is 14.3. The van der Waals surface area contributed by atoms with E-state index in [9.17, 15) is 19.5 Å². The maximum absolute atomic E-state index is 12.9. The van der Waals surface area contributed by atoms with Crippen molar-refractivity contribution in [3.63, 3.8) is 0 Å². The molecule has 2 amide bonds. The van der Waals surface area contributed by atoms with Gasteiger partial charge >= 0.3 is 12.1 Å². The Morgan fingerprint density at radius 2 is 1.66 bits per heavy atom. The van der Waals surface area contributed by atoms with E-state index in [0.717, 1.165) is 22.3 Å². The van der Waals surface area contributed by atoms with Crippen LogP contribution in [0.3, 0.4) is 0 Å². The summed E-state index contributed by atoms with van der Waals surface area (Å²) < 4.78 is 5.50. The molecular weight excluding hydrogens is 408 g/mol. The molecule has 32 heavy (non-hydrogen) atoms. The van der Waals surface area contributed by atoms with Gasteiger partial charge in [-0.15, -0.1) is 0 Å². The molecule has 1 unspecified atom stereocenters. The highest BCUT2D eigenvalue weighted by molar-refractivity contribution is 5.90. The Hall–Kier alpha value is -3.35. The smallest absolute Gasteiger partial charge is 0.407 e. The number of benzene rings is 2. The lowest BCUT2D eigenvalue weighted by molar-refractivity contribution is -0.151. The van der Waals surface area contributed by atoms with Gasteiger partial charge in [0.15, 0.2) is 0 Å². The number of fused-ring (bicyclic) bond motifs is 3. The van der Waals surface area contributed by atoms with Gasteiger partial charge in [-0.25, -0.2) is 9.59 Å². The highest BCUT2D eigenvalue weighted by Gasteiger charge is 2.48. The van der Waals surface area contributed by atoms with Crippen molar-refractivity contribution >= 4 is 18.0 Å². The monoisotopic (exact) mass is 436 g/mol. The van der Waals surface area contributed by atoms with E-state index in [1.165, 1.54) is 4.90 Å².